The average molecular weight is 215 g/mol. The van der Waals surface area contributed by atoms with Gasteiger partial charge in [0.25, 0.3) is 0 Å². The smallest absolute Gasteiger partial charge is 0.305 e. The summed E-state index contributed by atoms with van der Waals surface area (Å²) in [5.41, 5.74) is -0.540. The fourth-order valence-electron chi connectivity index (χ4n) is 2.15. The van der Waals surface area contributed by atoms with Gasteiger partial charge in [-0.05, 0) is 12.8 Å². The summed E-state index contributed by atoms with van der Waals surface area (Å²) >= 11 is 0. The number of carboxylic acid groups (broad SMARTS) is 1. The van der Waals surface area contributed by atoms with E-state index in [4.69, 9.17) is 9.84 Å². The molecule has 0 atom stereocenters. The first kappa shape index (κ1) is 12.0. The average Bonchev–Trinajstić information content (AvgIpc) is 2.51. The van der Waals surface area contributed by atoms with Crippen molar-refractivity contribution in [2.75, 3.05) is 13.7 Å². The minimum absolute atomic E-state index is 0.00243. The maximum atomic E-state index is 11.4. The van der Waals surface area contributed by atoms with Crippen molar-refractivity contribution < 1.29 is 19.4 Å². The highest BCUT2D eigenvalue weighted by Crippen LogP contribution is 2.32. The van der Waals surface area contributed by atoms with E-state index in [2.05, 4.69) is 5.32 Å². The normalized spacial score (nSPS) is 18.7. The Morgan fingerprint density at radius 2 is 2.00 bits per heavy atom. The Morgan fingerprint density at radius 1 is 1.40 bits per heavy atom. The summed E-state index contributed by atoms with van der Waals surface area (Å²) in [7, 11) is 1.44. The maximum Gasteiger partial charge on any atom is 0.305 e. The lowest BCUT2D eigenvalue weighted by atomic mass is 9.93. The van der Waals surface area contributed by atoms with Crippen LogP contribution in [0.4, 0.5) is 0 Å². The molecule has 1 aliphatic carbocycles. The number of carbonyl (C=O) groups excluding carboxylic acids is 1. The monoisotopic (exact) mass is 215 g/mol. The number of aliphatic carboxylic acids is 1. The highest BCUT2D eigenvalue weighted by molar-refractivity contribution is 5.79. The van der Waals surface area contributed by atoms with Crippen molar-refractivity contribution in [3.63, 3.8) is 0 Å². The zero-order valence-corrected chi connectivity index (χ0v) is 8.91. The van der Waals surface area contributed by atoms with Crippen LogP contribution in [0.15, 0.2) is 0 Å². The van der Waals surface area contributed by atoms with Gasteiger partial charge < -0.3 is 15.2 Å². The van der Waals surface area contributed by atoms with E-state index in [1.165, 1.54) is 7.11 Å². The van der Waals surface area contributed by atoms with Crippen LogP contribution in [0.5, 0.6) is 0 Å². The lowest BCUT2D eigenvalue weighted by Gasteiger charge is -2.28. The largest absolute Gasteiger partial charge is 0.481 e. The van der Waals surface area contributed by atoms with Gasteiger partial charge >= 0.3 is 5.97 Å². The molecule has 0 aromatic rings. The maximum absolute atomic E-state index is 11.4. The van der Waals surface area contributed by atoms with Crippen molar-refractivity contribution >= 4 is 11.9 Å². The quantitative estimate of drug-likeness (QED) is 0.701. The van der Waals surface area contributed by atoms with Crippen LogP contribution in [0.1, 0.15) is 32.1 Å². The van der Waals surface area contributed by atoms with Crippen LogP contribution in [0.3, 0.4) is 0 Å². The van der Waals surface area contributed by atoms with Gasteiger partial charge in [0, 0.05) is 7.11 Å². The van der Waals surface area contributed by atoms with Gasteiger partial charge in [0.15, 0.2) is 0 Å². The third kappa shape index (κ3) is 3.51. The number of amides is 1. The molecule has 5 heteroatoms. The standard InChI is InChI=1S/C10H17NO4/c1-15-7-8(12)11-10(6-9(13)14)4-2-3-5-10/h2-7H2,1H3,(H,11,12)(H,13,14). The van der Waals surface area contributed by atoms with Crippen molar-refractivity contribution in [1.29, 1.82) is 0 Å². The minimum atomic E-state index is -0.866. The van der Waals surface area contributed by atoms with Crippen molar-refractivity contribution in [3.05, 3.63) is 0 Å². The van der Waals surface area contributed by atoms with Crippen LogP contribution in [0.25, 0.3) is 0 Å². The molecular weight excluding hydrogens is 198 g/mol. The molecule has 1 saturated carbocycles. The Labute approximate surface area is 88.8 Å². The molecule has 0 radical (unpaired) electrons. The molecule has 0 aromatic heterocycles. The molecule has 0 aliphatic heterocycles. The van der Waals surface area contributed by atoms with Gasteiger partial charge in [-0.25, -0.2) is 0 Å². The van der Waals surface area contributed by atoms with Crippen molar-refractivity contribution in [2.45, 2.75) is 37.6 Å². The molecule has 1 amide bonds. The predicted molar refractivity (Wildman–Crippen MR) is 53.5 cm³/mol. The molecule has 1 fully saturated rings. The van der Waals surface area contributed by atoms with Crippen molar-refractivity contribution in [2.24, 2.45) is 0 Å². The summed E-state index contributed by atoms with van der Waals surface area (Å²) in [4.78, 5) is 22.1. The zero-order valence-electron chi connectivity index (χ0n) is 8.91. The molecule has 0 heterocycles. The summed E-state index contributed by atoms with van der Waals surface area (Å²) in [6.45, 7) is -0.0125. The first-order valence-electron chi connectivity index (χ1n) is 5.10. The second kappa shape index (κ2) is 5.11. The van der Waals surface area contributed by atoms with E-state index >= 15 is 0 Å². The fraction of sp³-hybridized carbons (Fsp3) is 0.800. The Kier molecular flexibility index (Phi) is 4.08. The number of carbonyl (C=O) groups is 2. The molecule has 2 N–H and O–H groups in total. The molecule has 15 heavy (non-hydrogen) atoms. The molecule has 0 unspecified atom stereocenters. The third-order valence-corrected chi connectivity index (χ3v) is 2.73. The Balaban J connectivity index is 2.56. The van der Waals surface area contributed by atoms with Crippen molar-refractivity contribution in [3.8, 4) is 0 Å². The third-order valence-electron chi connectivity index (χ3n) is 2.73. The van der Waals surface area contributed by atoms with Gasteiger partial charge in [0.2, 0.25) is 5.91 Å². The number of rotatable bonds is 5. The van der Waals surface area contributed by atoms with E-state index < -0.39 is 11.5 Å². The van der Waals surface area contributed by atoms with Crippen LogP contribution >= 0.6 is 0 Å². The first-order valence-corrected chi connectivity index (χ1v) is 5.10. The number of nitrogens with one attached hydrogen (secondary N) is 1. The van der Waals surface area contributed by atoms with Crippen LogP contribution in [-0.4, -0.2) is 36.2 Å². The molecule has 0 aromatic carbocycles. The van der Waals surface area contributed by atoms with E-state index in [1.807, 2.05) is 0 Å². The second-order valence-electron chi connectivity index (χ2n) is 4.04. The van der Waals surface area contributed by atoms with E-state index in [0.717, 1.165) is 25.7 Å². The molecular formula is C10H17NO4. The van der Waals surface area contributed by atoms with Crippen LogP contribution in [-0.2, 0) is 14.3 Å². The summed E-state index contributed by atoms with van der Waals surface area (Å²) in [6, 6.07) is 0. The van der Waals surface area contributed by atoms with Crippen LogP contribution in [0.2, 0.25) is 0 Å². The lowest BCUT2D eigenvalue weighted by Crippen LogP contribution is -2.49. The molecule has 86 valence electrons. The van der Waals surface area contributed by atoms with E-state index in [9.17, 15) is 9.59 Å². The van der Waals surface area contributed by atoms with E-state index in [0.29, 0.717) is 0 Å². The summed E-state index contributed by atoms with van der Waals surface area (Å²) in [6.07, 6.45) is 3.44. The first-order chi connectivity index (χ1) is 7.08. The molecule has 0 saturated heterocycles. The number of hydrogen-bond donors (Lipinski definition) is 2. The number of carboxylic acids is 1. The highest BCUT2D eigenvalue weighted by Gasteiger charge is 2.37. The SMILES string of the molecule is COCC(=O)NC1(CC(=O)O)CCCC1. The lowest BCUT2D eigenvalue weighted by molar-refractivity contribution is -0.139. The molecule has 0 bridgehead atoms. The van der Waals surface area contributed by atoms with Crippen LogP contribution < -0.4 is 5.32 Å². The molecule has 5 nitrogen and oxygen atoms in total. The van der Waals surface area contributed by atoms with E-state index in [-0.39, 0.29) is 18.9 Å². The van der Waals surface area contributed by atoms with Crippen molar-refractivity contribution in [1.82, 2.24) is 5.32 Å². The summed E-state index contributed by atoms with van der Waals surface area (Å²) < 4.78 is 4.70. The summed E-state index contributed by atoms with van der Waals surface area (Å²) in [5, 5.41) is 11.6. The topological polar surface area (TPSA) is 75.6 Å². The van der Waals surface area contributed by atoms with Gasteiger partial charge in [-0.2, -0.15) is 0 Å². The Morgan fingerprint density at radius 3 is 2.47 bits per heavy atom. The van der Waals surface area contributed by atoms with E-state index in [1.54, 1.807) is 0 Å². The van der Waals surface area contributed by atoms with Gasteiger partial charge in [-0.3, -0.25) is 9.59 Å². The second-order valence-corrected chi connectivity index (χ2v) is 4.04. The fourth-order valence-corrected chi connectivity index (χ4v) is 2.15. The van der Waals surface area contributed by atoms with Crippen LogP contribution in [0, 0.1) is 0 Å². The minimum Gasteiger partial charge on any atom is -0.481 e. The Hall–Kier alpha value is -1.10. The molecule has 1 rings (SSSR count). The molecule has 1 aliphatic rings. The predicted octanol–water partition coefficient (Wildman–Crippen LogP) is 0.536. The summed E-state index contributed by atoms with van der Waals surface area (Å²) in [5.74, 6) is -1.10. The zero-order chi connectivity index (χ0) is 11.3. The number of ether oxygens (including phenoxy) is 1. The van der Waals surface area contributed by atoms with Gasteiger partial charge in [0.1, 0.15) is 6.61 Å². The molecule has 0 spiro atoms. The number of hydrogen-bond acceptors (Lipinski definition) is 3. The van der Waals surface area contributed by atoms with Gasteiger partial charge in [0.05, 0.1) is 12.0 Å². The highest BCUT2D eigenvalue weighted by atomic mass is 16.5. The van der Waals surface area contributed by atoms with Gasteiger partial charge in [-0.15, -0.1) is 0 Å². The number of methoxy groups -OCH3 is 1. The Bertz CT molecular complexity index is 246. The van der Waals surface area contributed by atoms with Gasteiger partial charge in [-0.1, -0.05) is 12.8 Å².